The van der Waals surface area contributed by atoms with Crippen molar-refractivity contribution in [3.8, 4) is 0 Å². The first-order chi connectivity index (χ1) is 14.5. The molecule has 176 valence electrons. The zero-order valence-electron chi connectivity index (χ0n) is 21.1. The molecule has 2 nitrogen and oxygen atoms in total. The Kier molecular flexibility index (Phi) is 10.0. The first kappa shape index (κ1) is 24.6. The van der Waals surface area contributed by atoms with Crippen LogP contribution in [0.15, 0.2) is 0 Å². The molecule has 2 N–H and O–H groups in total. The molecule has 1 aliphatic heterocycles. The van der Waals surface area contributed by atoms with Gasteiger partial charge in [-0.05, 0) is 74.5 Å². The van der Waals surface area contributed by atoms with Crippen LogP contribution in [-0.2, 0) is 0 Å². The normalized spacial score (nSPS) is 33.5. The van der Waals surface area contributed by atoms with Gasteiger partial charge in [0.25, 0.3) is 0 Å². The van der Waals surface area contributed by atoms with Gasteiger partial charge < -0.3 is 10.6 Å². The predicted molar refractivity (Wildman–Crippen MR) is 132 cm³/mol. The van der Waals surface area contributed by atoms with E-state index in [9.17, 15) is 0 Å². The lowest BCUT2D eigenvalue weighted by atomic mass is 9.79. The van der Waals surface area contributed by atoms with Crippen LogP contribution in [0.1, 0.15) is 118 Å². The molecule has 8 atom stereocenters. The van der Waals surface area contributed by atoms with Crippen LogP contribution in [-0.4, -0.2) is 24.7 Å². The highest BCUT2D eigenvalue weighted by Gasteiger charge is 2.46. The third kappa shape index (κ3) is 6.47. The van der Waals surface area contributed by atoms with Gasteiger partial charge in [0.2, 0.25) is 0 Å². The fourth-order valence-corrected chi connectivity index (χ4v) is 7.43. The Bertz CT molecular complexity index is 471. The molecule has 3 aliphatic rings. The summed E-state index contributed by atoms with van der Waals surface area (Å²) in [4.78, 5) is 0. The molecular weight excluding hydrogens is 364 g/mol. The maximum atomic E-state index is 4.19. The van der Waals surface area contributed by atoms with Crippen molar-refractivity contribution in [3.05, 3.63) is 0 Å². The second-order valence-corrected chi connectivity index (χ2v) is 11.7. The minimum absolute atomic E-state index is 0.671. The summed E-state index contributed by atoms with van der Waals surface area (Å²) in [7, 11) is 0. The van der Waals surface area contributed by atoms with E-state index in [2.05, 4.69) is 45.3 Å². The van der Waals surface area contributed by atoms with Crippen LogP contribution in [0.4, 0.5) is 0 Å². The Balaban J connectivity index is 1.54. The third-order valence-electron chi connectivity index (χ3n) is 9.55. The lowest BCUT2D eigenvalue weighted by Crippen LogP contribution is -2.44. The van der Waals surface area contributed by atoms with Crippen molar-refractivity contribution in [2.75, 3.05) is 6.54 Å². The Morgan fingerprint density at radius 2 is 1.77 bits per heavy atom. The zero-order chi connectivity index (χ0) is 21.5. The average molecular weight is 419 g/mol. The number of unbranched alkanes of at least 4 members (excludes halogenated alkanes) is 1. The highest BCUT2D eigenvalue weighted by molar-refractivity contribution is 5.02. The van der Waals surface area contributed by atoms with Gasteiger partial charge in [-0.2, -0.15) is 0 Å². The molecule has 0 aromatic rings. The molecule has 0 aromatic carbocycles. The van der Waals surface area contributed by atoms with Gasteiger partial charge in [0.15, 0.2) is 0 Å². The first-order valence-electron chi connectivity index (χ1n) is 14.0. The minimum Gasteiger partial charge on any atom is -0.313 e. The van der Waals surface area contributed by atoms with Crippen LogP contribution in [0.25, 0.3) is 0 Å². The molecule has 3 rings (SSSR count). The number of hydrogen-bond acceptors (Lipinski definition) is 2. The fraction of sp³-hybridized carbons (Fsp3) is 1.00. The van der Waals surface area contributed by atoms with Crippen molar-refractivity contribution >= 4 is 0 Å². The molecule has 1 saturated heterocycles. The maximum absolute atomic E-state index is 4.19. The number of nitrogens with one attached hydrogen (secondary N) is 2. The molecule has 2 heteroatoms. The van der Waals surface area contributed by atoms with Crippen LogP contribution < -0.4 is 10.6 Å². The SMILES string of the molecule is CCCCC(CC1CCCC1)NC(C)C1CNC2CC(C(CC)CC(C)CC)CC21. The maximum Gasteiger partial charge on any atom is 0.0102 e. The highest BCUT2D eigenvalue weighted by Crippen LogP contribution is 2.46. The van der Waals surface area contributed by atoms with Crippen LogP contribution in [0.3, 0.4) is 0 Å². The molecule has 8 unspecified atom stereocenters. The number of hydrogen-bond donors (Lipinski definition) is 2. The fourth-order valence-electron chi connectivity index (χ4n) is 7.43. The molecule has 0 aromatic heterocycles. The number of rotatable bonds is 13. The van der Waals surface area contributed by atoms with E-state index >= 15 is 0 Å². The lowest BCUT2D eigenvalue weighted by Gasteiger charge is -2.32. The summed E-state index contributed by atoms with van der Waals surface area (Å²) in [6.45, 7) is 13.4. The molecule has 0 radical (unpaired) electrons. The van der Waals surface area contributed by atoms with E-state index in [4.69, 9.17) is 0 Å². The minimum atomic E-state index is 0.671. The van der Waals surface area contributed by atoms with E-state index in [1.807, 2.05) is 0 Å². The second kappa shape index (κ2) is 12.2. The summed E-state index contributed by atoms with van der Waals surface area (Å²) in [6.07, 6.45) is 18.6. The summed E-state index contributed by atoms with van der Waals surface area (Å²) in [5, 5.41) is 8.17. The lowest BCUT2D eigenvalue weighted by molar-refractivity contribution is 0.225. The van der Waals surface area contributed by atoms with Gasteiger partial charge in [0.05, 0.1) is 0 Å². The van der Waals surface area contributed by atoms with Crippen molar-refractivity contribution < 1.29 is 0 Å². The van der Waals surface area contributed by atoms with Crippen molar-refractivity contribution in [1.82, 2.24) is 10.6 Å². The van der Waals surface area contributed by atoms with Gasteiger partial charge in [0.1, 0.15) is 0 Å². The second-order valence-electron chi connectivity index (χ2n) is 11.7. The molecule has 1 heterocycles. The molecule has 3 fully saturated rings. The highest BCUT2D eigenvalue weighted by atomic mass is 15.0. The van der Waals surface area contributed by atoms with Gasteiger partial charge in [-0.1, -0.05) is 79.1 Å². The van der Waals surface area contributed by atoms with E-state index in [-0.39, 0.29) is 0 Å². The standard InChI is InChI=1S/C28H54N2/c1-6-9-14-25(16-22-12-10-11-13-22)30-21(5)27-19-29-28-18-24(17-26(27)28)23(8-3)15-20(4)7-2/h20-30H,6-19H2,1-5H3. The molecule has 2 aliphatic carbocycles. The van der Waals surface area contributed by atoms with Gasteiger partial charge in [-0.15, -0.1) is 0 Å². The van der Waals surface area contributed by atoms with Crippen LogP contribution in [0, 0.1) is 35.5 Å². The zero-order valence-corrected chi connectivity index (χ0v) is 21.1. The summed E-state index contributed by atoms with van der Waals surface area (Å²) in [5.74, 6) is 5.58. The Labute approximate surface area is 189 Å². The Hall–Kier alpha value is -0.0800. The largest absolute Gasteiger partial charge is 0.313 e. The Morgan fingerprint density at radius 3 is 2.43 bits per heavy atom. The smallest absolute Gasteiger partial charge is 0.0102 e. The molecule has 0 amide bonds. The van der Waals surface area contributed by atoms with Gasteiger partial charge in [-0.25, -0.2) is 0 Å². The molecule has 30 heavy (non-hydrogen) atoms. The summed E-state index contributed by atoms with van der Waals surface area (Å²) in [5.41, 5.74) is 0. The van der Waals surface area contributed by atoms with E-state index in [1.54, 1.807) is 0 Å². The Morgan fingerprint density at radius 1 is 1.00 bits per heavy atom. The third-order valence-corrected chi connectivity index (χ3v) is 9.55. The summed E-state index contributed by atoms with van der Waals surface area (Å²) < 4.78 is 0. The van der Waals surface area contributed by atoms with Crippen molar-refractivity contribution in [2.24, 2.45) is 35.5 Å². The van der Waals surface area contributed by atoms with Crippen LogP contribution >= 0.6 is 0 Å². The van der Waals surface area contributed by atoms with Crippen LogP contribution in [0.2, 0.25) is 0 Å². The van der Waals surface area contributed by atoms with E-state index in [0.29, 0.717) is 6.04 Å². The van der Waals surface area contributed by atoms with E-state index in [0.717, 1.165) is 47.6 Å². The molecular formula is C28H54N2. The van der Waals surface area contributed by atoms with E-state index < -0.39 is 0 Å². The molecule has 0 spiro atoms. The van der Waals surface area contributed by atoms with Crippen LogP contribution in [0.5, 0.6) is 0 Å². The molecule has 2 saturated carbocycles. The quantitative estimate of drug-likeness (QED) is 0.331. The van der Waals surface area contributed by atoms with Crippen molar-refractivity contribution in [1.29, 1.82) is 0 Å². The summed E-state index contributed by atoms with van der Waals surface area (Å²) >= 11 is 0. The van der Waals surface area contributed by atoms with E-state index in [1.165, 1.54) is 90.0 Å². The topological polar surface area (TPSA) is 24.1 Å². The summed E-state index contributed by atoms with van der Waals surface area (Å²) in [6, 6.07) is 2.23. The van der Waals surface area contributed by atoms with Crippen molar-refractivity contribution in [2.45, 2.75) is 136 Å². The van der Waals surface area contributed by atoms with Crippen molar-refractivity contribution in [3.63, 3.8) is 0 Å². The first-order valence-corrected chi connectivity index (χ1v) is 14.0. The predicted octanol–water partition coefficient (Wildman–Crippen LogP) is 7.18. The number of fused-ring (bicyclic) bond motifs is 1. The van der Waals surface area contributed by atoms with Gasteiger partial charge in [-0.3, -0.25) is 0 Å². The molecule has 0 bridgehead atoms. The monoisotopic (exact) mass is 418 g/mol. The van der Waals surface area contributed by atoms with Gasteiger partial charge >= 0.3 is 0 Å². The van der Waals surface area contributed by atoms with Gasteiger partial charge in [0, 0.05) is 24.7 Å². The average Bonchev–Trinajstić information content (AvgIpc) is 3.47.